The largest absolute Gasteiger partial charge is 0.346 e. The average molecular weight is 467 g/mol. The van der Waals surface area contributed by atoms with Gasteiger partial charge in [0.15, 0.2) is 0 Å². The van der Waals surface area contributed by atoms with Gasteiger partial charge >= 0.3 is 0 Å². The SMILES string of the molecule is Cc1cc(C)nc(Nc2cccc(C(=O)N3C4CCC3CC(Cc3ccnc5[nH]ccc35)C4)c2)n1. The van der Waals surface area contributed by atoms with E-state index in [0.29, 0.717) is 23.9 Å². The van der Waals surface area contributed by atoms with Crippen molar-refractivity contribution in [2.24, 2.45) is 5.92 Å². The summed E-state index contributed by atoms with van der Waals surface area (Å²) in [7, 11) is 0. The van der Waals surface area contributed by atoms with E-state index in [0.717, 1.165) is 60.4 Å². The van der Waals surface area contributed by atoms with Gasteiger partial charge < -0.3 is 15.2 Å². The molecule has 2 atom stereocenters. The summed E-state index contributed by atoms with van der Waals surface area (Å²) in [6, 6.07) is 14.6. The number of piperidine rings is 1. The molecule has 7 heteroatoms. The van der Waals surface area contributed by atoms with Crippen LogP contribution >= 0.6 is 0 Å². The molecule has 4 aromatic rings. The van der Waals surface area contributed by atoms with E-state index < -0.39 is 0 Å². The van der Waals surface area contributed by atoms with Crippen LogP contribution < -0.4 is 5.32 Å². The van der Waals surface area contributed by atoms with Crippen molar-refractivity contribution in [3.05, 3.63) is 77.4 Å². The maximum absolute atomic E-state index is 13.6. The van der Waals surface area contributed by atoms with Crippen molar-refractivity contribution in [3.8, 4) is 0 Å². The molecule has 0 spiro atoms. The second-order valence-electron chi connectivity index (χ2n) is 10.0. The van der Waals surface area contributed by atoms with Crippen molar-refractivity contribution in [2.75, 3.05) is 5.32 Å². The normalized spacial score (nSPS) is 21.4. The van der Waals surface area contributed by atoms with Crippen LogP contribution in [-0.2, 0) is 6.42 Å². The van der Waals surface area contributed by atoms with E-state index in [-0.39, 0.29) is 5.91 Å². The fraction of sp³-hybridized carbons (Fsp3) is 0.357. The minimum atomic E-state index is 0.137. The lowest BCUT2D eigenvalue weighted by atomic mass is 9.85. The van der Waals surface area contributed by atoms with Crippen molar-refractivity contribution in [1.29, 1.82) is 0 Å². The number of pyridine rings is 1. The Bertz CT molecular complexity index is 1360. The van der Waals surface area contributed by atoms with Crippen LogP contribution in [0.3, 0.4) is 0 Å². The Kier molecular flexibility index (Phi) is 5.47. The second-order valence-corrected chi connectivity index (χ2v) is 10.0. The number of hydrogen-bond donors (Lipinski definition) is 2. The third kappa shape index (κ3) is 4.27. The lowest BCUT2D eigenvalue weighted by Crippen LogP contribution is -2.46. The highest BCUT2D eigenvalue weighted by molar-refractivity contribution is 5.96. The standard InChI is InChI=1S/C28H30N6O/c1-17-12-18(2)32-28(31-17)33-22-5-3-4-21(16-22)27(35)34-23-6-7-24(34)15-19(14-23)13-20-8-10-29-26-25(20)9-11-30-26/h3-5,8-12,16,19,23-24H,6-7,13-15H2,1-2H3,(H,29,30)(H,31,32,33). The van der Waals surface area contributed by atoms with E-state index in [1.165, 1.54) is 10.9 Å². The van der Waals surface area contributed by atoms with Gasteiger partial charge in [-0.2, -0.15) is 0 Å². The van der Waals surface area contributed by atoms with E-state index >= 15 is 0 Å². The number of nitrogens with zero attached hydrogens (tertiary/aromatic N) is 4. The van der Waals surface area contributed by atoms with Gasteiger partial charge in [-0.05, 0) is 93.8 Å². The first-order valence-corrected chi connectivity index (χ1v) is 12.5. The minimum absolute atomic E-state index is 0.137. The number of hydrogen-bond acceptors (Lipinski definition) is 5. The molecule has 0 radical (unpaired) electrons. The van der Waals surface area contributed by atoms with Gasteiger partial charge in [-0.25, -0.2) is 15.0 Å². The maximum atomic E-state index is 13.6. The summed E-state index contributed by atoms with van der Waals surface area (Å²) in [4.78, 5) is 32.4. The molecular weight excluding hydrogens is 436 g/mol. The van der Waals surface area contributed by atoms with Crippen molar-refractivity contribution in [1.82, 2.24) is 24.8 Å². The van der Waals surface area contributed by atoms with Gasteiger partial charge in [-0.1, -0.05) is 6.07 Å². The topological polar surface area (TPSA) is 86.8 Å². The highest BCUT2D eigenvalue weighted by atomic mass is 16.2. The molecule has 2 fully saturated rings. The molecule has 1 aromatic carbocycles. The van der Waals surface area contributed by atoms with E-state index in [1.807, 2.05) is 56.6 Å². The van der Waals surface area contributed by atoms with Crippen LogP contribution in [0, 0.1) is 19.8 Å². The Morgan fingerprint density at radius 2 is 1.83 bits per heavy atom. The summed E-state index contributed by atoms with van der Waals surface area (Å²) in [5.74, 6) is 1.28. The number of benzene rings is 1. The van der Waals surface area contributed by atoms with Crippen LogP contribution in [0.15, 0.2) is 54.9 Å². The first-order chi connectivity index (χ1) is 17.0. The summed E-state index contributed by atoms with van der Waals surface area (Å²) in [5, 5.41) is 4.49. The number of anilines is 2. The summed E-state index contributed by atoms with van der Waals surface area (Å²) < 4.78 is 0. The number of aryl methyl sites for hydroxylation is 2. The van der Waals surface area contributed by atoms with E-state index in [9.17, 15) is 4.79 Å². The molecule has 5 heterocycles. The first kappa shape index (κ1) is 21.8. The maximum Gasteiger partial charge on any atom is 0.254 e. The van der Waals surface area contributed by atoms with Gasteiger partial charge in [0.1, 0.15) is 5.65 Å². The number of H-pyrrole nitrogens is 1. The van der Waals surface area contributed by atoms with Gasteiger partial charge in [0, 0.05) is 52.5 Å². The molecule has 178 valence electrons. The number of fused-ring (bicyclic) bond motifs is 3. The van der Waals surface area contributed by atoms with Gasteiger partial charge in [-0.3, -0.25) is 4.79 Å². The molecule has 6 rings (SSSR count). The Morgan fingerprint density at radius 3 is 2.60 bits per heavy atom. The lowest BCUT2D eigenvalue weighted by Gasteiger charge is -2.39. The molecular formula is C28H30N6O. The number of aromatic nitrogens is 4. The Labute approximate surface area is 205 Å². The first-order valence-electron chi connectivity index (χ1n) is 12.5. The molecule has 2 saturated heterocycles. The van der Waals surface area contributed by atoms with E-state index in [2.05, 4.69) is 42.3 Å². The summed E-state index contributed by atoms with van der Waals surface area (Å²) in [6.07, 6.45) is 9.21. The number of rotatable bonds is 5. The number of nitrogens with one attached hydrogen (secondary N) is 2. The zero-order valence-corrected chi connectivity index (χ0v) is 20.2. The zero-order valence-electron chi connectivity index (χ0n) is 20.2. The third-order valence-corrected chi connectivity index (χ3v) is 7.47. The Hall–Kier alpha value is -3.74. The predicted molar refractivity (Wildman–Crippen MR) is 137 cm³/mol. The monoisotopic (exact) mass is 466 g/mol. The molecule has 7 nitrogen and oxygen atoms in total. The lowest BCUT2D eigenvalue weighted by molar-refractivity contribution is 0.0525. The number of aromatic amines is 1. The fourth-order valence-corrected chi connectivity index (χ4v) is 6.09. The number of carbonyl (C=O) groups is 1. The third-order valence-electron chi connectivity index (χ3n) is 7.47. The summed E-state index contributed by atoms with van der Waals surface area (Å²) in [6.45, 7) is 3.91. The fourth-order valence-electron chi connectivity index (χ4n) is 6.09. The van der Waals surface area contributed by atoms with Crippen LogP contribution in [-0.4, -0.2) is 42.8 Å². The molecule has 35 heavy (non-hydrogen) atoms. The molecule has 2 bridgehead atoms. The van der Waals surface area contributed by atoms with Crippen LogP contribution in [0.2, 0.25) is 0 Å². The van der Waals surface area contributed by atoms with Crippen LogP contribution in [0.25, 0.3) is 11.0 Å². The molecule has 2 unspecified atom stereocenters. The molecule has 2 aliphatic rings. The Balaban J connectivity index is 1.17. The molecule has 0 aliphatic carbocycles. The molecule has 1 amide bonds. The predicted octanol–water partition coefficient (Wildman–Crippen LogP) is 5.34. The smallest absolute Gasteiger partial charge is 0.254 e. The van der Waals surface area contributed by atoms with Crippen LogP contribution in [0.1, 0.15) is 53.0 Å². The number of carbonyl (C=O) groups excluding carboxylic acids is 1. The molecule has 2 N–H and O–H groups in total. The van der Waals surface area contributed by atoms with Crippen molar-refractivity contribution in [2.45, 2.75) is 58.0 Å². The highest BCUT2D eigenvalue weighted by Gasteiger charge is 2.43. The van der Waals surface area contributed by atoms with Gasteiger partial charge in [0.05, 0.1) is 0 Å². The van der Waals surface area contributed by atoms with Crippen LogP contribution in [0.5, 0.6) is 0 Å². The molecule has 0 saturated carbocycles. The summed E-state index contributed by atoms with van der Waals surface area (Å²) >= 11 is 0. The van der Waals surface area contributed by atoms with Crippen molar-refractivity contribution >= 4 is 28.6 Å². The average Bonchev–Trinajstić information content (AvgIpc) is 3.41. The molecule has 3 aromatic heterocycles. The van der Waals surface area contributed by atoms with Gasteiger partial charge in [0.25, 0.3) is 5.91 Å². The highest BCUT2D eigenvalue weighted by Crippen LogP contribution is 2.41. The van der Waals surface area contributed by atoms with Crippen molar-refractivity contribution < 1.29 is 4.79 Å². The van der Waals surface area contributed by atoms with E-state index in [1.54, 1.807) is 0 Å². The van der Waals surface area contributed by atoms with E-state index in [4.69, 9.17) is 0 Å². The quantitative estimate of drug-likeness (QED) is 0.415. The second kappa shape index (κ2) is 8.80. The van der Waals surface area contributed by atoms with Gasteiger partial charge in [0.2, 0.25) is 5.95 Å². The van der Waals surface area contributed by atoms with Crippen molar-refractivity contribution in [3.63, 3.8) is 0 Å². The van der Waals surface area contributed by atoms with Crippen LogP contribution in [0.4, 0.5) is 11.6 Å². The van der Waals surface area contributed by atoms with Gasteiger partial charge in [-0.15, -0.1) is 0 Å². The minimum Gasteiger partial charge on any atom is -0.346 e. The summed E-state index contributed by atoms with van der Waals surface area (Å²) in [5.41, 5.74) is 5.69. The molecule has 2 aliphatic heterocycles. The zero-order chi connectivity index (χ0) is 23.9. The Morgan fingerprint density at radius 1 is 1.06 bits per heavy atom. The number of amides is 1.